The van der Waals surface area contributed by atoms with E-state index in [9.17, 15) is 0 Å². The van der Waals surface area contributed by atoms with Gasteiger partial charge in [0, 0.05) is 0 Å². The van der Waals surface area contributed by atoms with Crippen LogP contribution >= 0.6 is 0 Å². The summed E-state index contributed by atoms with van der Waals surface area (Å²) in [5, 5.41) is 3.47. The smallest absolute Gasteiger partial charge is 0.00141 e. The molecular weight excluding hydrogens is 194 g/mol. The van der Waals surface area contributed by atoms with E-state index in [0.717, 1.165) is 24.9 Å². The molecule has 1 atom stereocenters. The lowest BCUT2D eigenvalue weighted by Crippen LogP contribution is -2.20. The molecule has 1 heteroatoms. The van der Waals surface area contributed by atoms with Crippen molar-refractivity contribution in [1.82, 2.24) is 5.32 Å². The summed E-state index contributed by atoms with van der Waals surface area (Å²) < 4.78 is 0. The summed E-state index contributed by atoms with van der Waals surface area (Å²) in [6.07, 6.45) is 7.52. The van der Waals surface area contributed by atoms with E-state index in [1.807, 2.05) is 0 Å². The zero-order valence-corrected chi connectivity index (χ0v) is 12.0. The van der Waals surface area contributed by atoms with E-state index in [1.165, 1.54) is 25.7 Å². The van der Waals surface area contributed by atoms with Crippen molar-refractivity contribution < 1.29 is 0 Å². The molecular formula is C15H31N. The highest BCUT2D eigenvalue weighted by Crippen LogP contribution is 2.15. The number of hydrogen-bond donors (Lipinski definition) is 1. The Bertz CT molecular complexity index is 182. The molecule has 0 saturated heterocycles. The molecule has 96 valence electrons. The van der Waals surface area contributed by atoms with Gasteiger partial charge in [-0.05, 0) is 44.7 Å². The second kappa shape index (κ2) is 9.89. The molecule has 0 aromatic heterocycles. The third-order valence-electron chi connectivity index (χ3n) is 2.82. The van der Waals surface area contributed by atoms with Crippen LogP contribution in [-0.2, 0) is 0 Å². The van der Waals surface area contributed by atoms with E-state index in [0.29, 0.717) is 0 Å². The third kappa shape index (κ3) is 10.2. The third-order valence-corrected chi connectivity index (χ3v) is 2.82. The summed E-state index contributed by atoms with van der Waals surface area (Å²) in [7, 11) is 0. The predicted molar refractivity (Wildman–Crippen MR) is 74.8 cm³/mol. The molecule has 0 saturated carbocycles. The largest absolute Gasteiger partial charge is 0.316 e. The van der Waals surface area contributed by atoms with Gasteiger partial charge in [0.15, 0.2) is 0 Å². The summed E-state index contributed by atoms with van der Waals surface area (Å²) in [4.78, 5) is 0. The molecule has 0 aromatic carbocycles. The Morgan fingerprint density at radius 1 is 1.25 bits per heavy atom. The molecule has 0 aliphatic rings. The Labute approximate surface area is 103 Å². The number of allylic oxidation sites excluding steroid dienone is 1. The molecule has 0 rings (SSSR count). The van der Waals surface area contributed by atoms with Crippen LogP contribution in [0.4, 0.5) is 0 Å². The highest BCUT2D eigenvalue weighted by atomic mass is 14.8. The second-order valence-electron chi connectivity index (χ2n) is 5.54. The average molecular weight is 225 g/mol. The van der Waals surface area contributed by atoms with E-state index in [4.69, 9.17) is 0 Å². The van der Waals surface area contributed by atoms with Gasteiger partial charge >= 0.3 is 0 Å². The first-order valence-electron chi connectivity index (χ1n) is 6.92. The number of hydrogen-bond acceptors (Lipinski definition) is 1. The van der Waals surface area contributed by atoms with Crippen LogP contribution in [0.1, 0.15) is 60.3 Å². The first-order chi connectivity index (χ1) is 7.56. The highest BCUT2D eigenvalue weighted by molar-refractivity contribution is 4.99. The standard InChI is InChI=1S/C15H31N/c1-6-8-14(4)11-15(5)9-7-10-16-12-13(2)3/h9,13-14,16H,6-8,10-12H2,1-5H3. The van der Waals surface area contributed by atoms with Crippen LogP contribution in [0.5, 0.6) is 0 Å². The van der Waals surface area contributed by atoms with Gasteiger partial charge in [-0.25, -0.2) is 0 Å². The summed E-state index contributed by atoms with van der Waals surface area (Å²) in [6, 6.07) is 0. The van der Waals surface area contributed by atoms with Gasteiger partial charge in [0.05, 0.1) is 0 Å². The van der Waals surface area contributed by atoms with Gasteiger partial charge in [0.1, 0.15) is 0 Å². The minimum Gasteiger partial charge on any atom is -0.316 e. The lowest BCUT2D eigenvalue weighted by atomic mass is 9.97. The first kappa shape index (κ1) is 15.7. The van der Waals surface area contributed by atoms with Crippen LogP contribution in [0.25, 0.3) is 0 Å². The quantitative estimate of drug-likeness (QED) is 0.453. The van der Waals surface area contributed by atoms with Gasteiger partial charge in [-0.15, -0.1) is 0 Å². The van der Waals surface area contributed by atoms with Crippen LogP contribution in [0.3, 0.4) is 0 Å². The van der Waals surface area contributed by atoms with Crippen molar-refractivity contribution in [2.24, 2.45) is 11.8 Å². The van der Waals surface area contributed by atoms with Gasteiger partial charge in [-0.3, -0.25) is 0 Å². The van der Waals surface area contributed by atoms with Gasteiger partial charge in [-0.1, -0.05) is 52.2 Å². The van der Waals surface area contributed by atoms with Gasteiger partial charge in [-0.2, -0.15) is 0 Å². The zero-order chi connectivity index (χ0) is 12.4. The van der Waals surface area contributed by atoms with Gasteiger partial charge in [0.2, 0.25) is 0 Å². The number of nitrogens with one attached hydrogen (secondary N) is 1. The maximum Gasteiger partial charge on any atom is -0.00141 e. The Hall–Kier alpha value is -0.300. The molecule has 0 aliphatic heterocycles. The van der Waals surface area contributed by atoms with Crippen LogP contribution in [0, 0.1) is 11.8 Å². The molecule has 0 radical (unpaired) electrons. The van der Waals surface area contributed by atoms with Crippen molar-refractivity contribution in [2.45, 2.75) is 60.3 Å². The molecule has 0 fully saturated rings. The minimum absolute atomic E-state index is 0.759. The van der Waals surface area contributed by atoms with E-state index >= 15 is 0 Å². The molecule has 1 unspecified atom stereocenters. The van der Waals surface area contributed by atoms with Crippen LogP contribution in [0.2, 0.25) is 0 Å². The van der Waals surface area contributed by atoms with Crippen molar-refractivity contribution in [3.8, 4) is 0 Å². The van der Waals surface area contributed by atoms with E-state index in [-0.39, 0.29) is 0 Å². The summed E-state index contributed by atoms with van der Waals surface area (Å²) >= 11 is 0. The van der Waals surface area contributed by atoms with E-state index in [2.05, 4.69) is 46.0 Å². The summed E-state index contributed by atoms with van der Waals surface area (Å²) in [5.74, 6) is 1.61. The molecule has 0 amide bonds. The fourth-order valence-electron chi connectivity index (χ4n) is 2.04. The lowest BCUT2D eigenvalue weighted by molar-refractivity contribution is 0.518. The van der Waals surface area contributed by atoms with Crippen LogP contribution < -0.4 is 5.32 Å². The maximum absolute atomic E-state index is 3.47. The van der Waals surface area contributed by atoms with E-state index in [1.54, 1.807) is 5.57 Å². The molecule has 0 aliphatic carbocycles. The Morgan fingerprint density at radius 3 is 2.50 bits per heavy atom. The normalized spacial score (nSPS) is 14.5. The zero-order valence-electron chi connectivity index (χ0n) is 12.0. The second-order valence-corrected chi connectivity index (χ2v) is 5.54. The lowest BCUT2D eigenvalue weighted by Gasteiger charge is -2.10. The van der Waals surface area contributed by atoms with Crippen molar-refractivity contribution >= 4 is 0 Å². The Morgan fingerprint density at radius 2 is 1.94 bits per heavy atom. The predicted octanol–water partition coefficient (Wildman–Crippen LogP) is 4.39. The highest BCUT2D eigenvalue weighted by Gasteiger charge is 2.01. The van der Waals surface area contributed by atoms with Crippen molar-refractivity contribution in [3.63, 3.8) is 0 Å². The minimum atomic E-state index is 0.759. The monoisotopic (exact) mass is 225 g/mol. The van der Waals surface area contributed by atoms with Gasteiger partial charge in [0.25, 0.3) is 0 Å². The van der Waals surface area contributed by atoms with Crippen molar-refractivity contribution in [2.75, 3.05) is 13.1 Å². The molecule has 0 spiro atoms. The number of rotatable bonds is 9. The molecule has 1 N–H and O–H groups in total. The fourth-order valence-corrected chi connectivity index (χ4v) is 2.04. The van der Waals surface area contributed by atoms with Crippen LogP contribution in [0.15, 0.2) is 11.6 Å². The fraction of sp³-hybridized carbons (Fsp3) is 0.867. The Kier molecular flexibility index (Phi) is 9.71. The molecule has 0 aromatic rings. The molecule has 0 heterocycles. The Balaban J connectivity index is 3.54. The summed E-state index contributed by atoms with van der Waals surface area (Å²) in [5.41, 5.74) is 1.56. The summed E-state index contributed by atoms with van der Waals surface area (Å²) in [6.45, 7) is 13.7. The average Bonchev–Trinajstić information content (AvgIpc) is 2.16. The topological polar surface area (TPSA) is 12.0 Å². The molecule has 0 bridgehead atoms. The van der Waals surface area contributed by atoms with E-state index < -0.39 is 0 Å². The molecule has 1 nitrogen and oxygen atoms in total. The first-order valence-corrected chi connectivity index (χ1v) is 6.92. The van der Waals surface area contributed by atoms with Gasteiger partial charge < -0.3 is 5.32 Å². The van der Waals surface area contributed by atoms with Crippen molar-refractivity contribution in [1.29, 1.82) is 0 Å². The maximum atomic E-state index is 3.47. The molecule has 16 heavy (non-hydrogen) atoms. The van der Waals surface area contributed by atoms with Crippen LogP contribution in [-0.4, -0.2) is 13.1 Å². The van der Waals surface area contributed by atoms with Crippen molar-refractivity contribution in [3.05, 3.63) is 11.6 Å². The SMILES string of the molecule is CCCC(C)CC(C)=CCCNCC(C)C.